The molecule has 0 heterocycles. The summed E-state index contributed by atoms with van der Waals surface area (Å²) in [5.41, 5.74) is 1.02. The molecule has 0 radical (unpaired) electrons. The Hall–Kier alpha value is -1.58. The van der Waals surface area contributed by atoms with Gasteiger partial charge in [-0.1, -0.05) is 12.2 Å². The van der Waals surface area contributed by atoms with Gasteiger partial charge in [-0.25, -0.2) is 9.59 Å². The molecule has 1 rings (SSSR count). The zero-order valence-corrected chi connectivity index (χ0v) is 8.20. The first-order chi connectivity index (χ1) is 6.69. The first-order valence-corrected chi connectivity index (χ1v) is 4.23. The van der Waals surface area contributed by atoms with Gasteiger partial charge in [-0.2, -0.15) is 0 Å². The molecule has 4 heteroatoms. The Morgan fingerprint density at radius 3 is 1.86 bits per heavy atom. The number of hydrogen-bond donors (Lipinski definition) is 0. The van der Waals surface area contributed by atoms with Gasteiger partial charge in [0.25, 0.3) is 0 Å². The van der Waals surface area contributed by atoms with Crippen molar-refractivity contribution in [2.24, 2.45) is 0 Å². The van der Waals surface area contributed by atoms with Crippen LogP contribution in [-0.4, -0.2) is 26.2 Å². The number of carbonyl (C=O) groups excluding carboxylic acids is 2. The smallest absolute Gasteiger partial charge is 0.333 e. The van der Waals surface area contributed by atoms with Gasteiger partial charge in [0.2, 0.25) is 0 Å². The standard InChI is InChI=1S/C10H12O4/c1-13-9(11)7-4-3-5-8(6-7)10(12)14-2/h4-5H,3,6H2,1-2H3. The molecular formula is C10H12O4. The van der Waals surface area contributed by atoms with Crippen LogP contribution >= 0.6 is 0 Å². The van der Waals surface area contributed by atoms with E-state index in [0.717, 1.165) is 0 Å². The molecule has 76 valence electrons. The van der Waals surface area contributed by atoms with E-state index in [0.29, 0.717) is 24.0 Å². The van der Waals surface area contributed by atoms with E-state index in [4.69, 9.17) is 0 Å². The number of methoxy groups -OCH3 is 2. The molecule has 14 heavy (non-hydrogen) atoms. The average molecular weight is 196 g/mol. The first-order valence-electron chi connectivity index (χ1n) is 4.23. The maximum atomic E-state index is 11.2. The van der Waals surface area contributed by atoms with Crippen LogP contribution in [-0.2, 0) is 19.1 Å². The monoisotopic (exact) mass is 196 g/mol. The molecule has 0 unspecified atom stereocenters. The number of allylic oxidation sites excluding steroid dienone is 2. The van der Waals surface area contributed by atoms with Gasteiger partial charge in [-0.05, 0) is 6.42 Å². The minimum Gasteiger partial charge on any atom is -0.466 e. The fourth-order valence-electron chi connectivity index (χ4n) is 1.27. The number of esters is 2. The molecule has 0 aromatic rings. The van der Waals surface area contributed by atoms with Gasteiger partial charge in [0.1, 0.15) is 0 Å². The maximum absolute atomic E-state index is 11.2. The third-order valence-electron chi connectivity index (χ3n) is 2.00. The zero-order chi connectivity index (χ0) is 10.6. The van der Waals surface area contributed by atoms with Gasteiger partial charge in [0.15, 0.2) is 0 Å². The summed E-state index contributed by atoms with van der Waals surface area (Å²) >= 11 is 0. The van der Waals surface area contributed by atoms with E-state index in [9.17, 15) is 9.59 Å². The minimum absolute atomic E-state index is 0.291. The molecule has 0 amide bonds. The Morgan fingerprint density at radius 2 is 1.50 bits per heavy atom. The summed E-state index contributed by atoms with van der Waals surface area (Å²) < 4.78 is 9.13. The van der Waals surface area contributed by atoms with E-state index in [1.165, 1.54) is 14.2 Å². The zero-order valence-electron chi connectivity index (χ0n) is 8.20. The van der Waals surface area contributed by atoms with Crippen molar-refractivity contribution in [1.29, 1.82) is 0 Å². The normalized spacial score (nSPS) is 15.3. The van der Waals surface area contributed by atoms with Crippen LogP contribution in [0, 0.1) is 0 Å². The molecule has 4 nitrogen and oxygen atoms in total. The van der Waals surface area contributed by atoms with Crippen molar-refractivity contribution in [3.63, 3.8) is 0 Å². The quantitative estimate of drug-likeness (QED) is 0.618. The van der Waals surface area contributed by atoms with Gasteiger partial charge >= 0.3 is 11.9 Å². The molecule has 1 aliphatic rings. The topological polar surface area (TPSA) is 52.6 Å². The number of carbonyl (C=O) groups is 2. The second-order valence-corrected chi connectivity index (χ2v) is 2.85. The Morgan fingerprint density at radius 1 is 1.07 bits per heavy atom. The second kappa shape index (κ2) is 4.60. The van der Waals surface area contributed by atoms with Crippen LogP contribution in [0.1, 0.15) is 12.8 Å². The molecule has 0 atom stereocenters. The fourth-order valence-corrected chi connectivity index (χ4v) is 1.27. The summed E-state index contributed by atoms with van der Waals surface area (Å²) in [6.45, 7) is 0. The Balaban J connectivity index is 2.68. The van der Waals surface area contributed by atoms with Gasteiger partial charge in [-0.3, -0.25) is 0 Å². The SMILES string of the molecule is COC(=O)C1=CCC=C(C(=O)OC)C1. The van der Waals surface area contributed by atoms with Crippen LogP contribution in [0.3, 0.4) is 0 Å². The van der Waals surface area contributed by atoms with Crippen LogP contribution in [0.2, 0.25) is 0 Å². The van der Waals surface area contributed by atoms with E-state index >= 15 is 0 Å². The molecular weight excluding hydrogens is 184 g/mol. The van der Waals surface area contributed by atoms with Crippen molar-refractivity contribution < 1.29 is 19.1 Å². The molecule has 0 aromatic heterocycles. The van der Waals surface area contributed by atoms with Crippen molar-refractivity contribution in [2.75, 3.05) is 14.2 Å². The van der Waals surface area contributed by atoms with Crippen LogP contribution < -0.4 is 0 Å². The molecule has 0 aromatic carbocycles. The van der Waals surface area contributed by atoms with Crippen LogP contribution in [0.5, 0.6) is 0 Å². The predicted molar refractivity (Wildman–Crippen MR) is 49.4 cm³/mol. The van der Waals surface area contributed by atoms with E-state index < -0.39 is 0 Å². The van der Waals surface area contributed by atoms with Gasteiger partial charge in [0, 0.05) is 17.6 Å². The van der Waals surface area contributed by atoms with Crippen molar-refractivity contribution in [3.05, 3.63) is 23.3 Å². The molecule has 0 saturated heterocycles. The molecule has 0 fully saturated rings. The summed E-state index contributed by atoms with van der Waals surface area (Å²) in [6.07, 6.45) is 4.35. The lowest BCUT2D eigenvalue weighted by atomic mass is 9.98. The summed E-state index contributed by atoms with van der Waals surface area (Å²) in [6, 6.07) is 0. The molecule has 0 saturated carbocycles. The number of rotatable bonds is 2. The van der Waals surface area contributed by atoms with E-state index in [1.54, 1.807) is 12.2 Å². The molecule has 0 bridgehead atoms. The molecule has 0 spiro atoms. The highest BCUT2D eigenvalue weighted by Gasteiger charge is 2.19. The van der Waals surface area contributed by atoms with Crippen molar-refractivity contribution in [2.45, 2.75) is 12.8 Å². The highest BCUT2D eigenvalue weighted by Crippen LogP contribution is 2.20. The summed E-state index contributed by atoms with van der Waals surface area (Å²) in [5, 5.41) is 0. The minimum atomic E-state index is -0.389. The lowest BCUT2D eigenvalue weighted by Crippen LogP contribution is -2.13. The Bertz CT molecular complexity index is 282. The summed E-state index contributed by atoms with van der Waals surface area (Å²) in [4.78, 5) is 22.3. The largest absolute Gasteiger partial charge is 0.466 e. The van der Waals surface area contributed by atoms with Gasteiger partial charge < -0.3 is 9.47 Å². The van der Waals surface area contributed by atoms with E-state index in [2.05, 4.69) is 9.47 Å². The van der Waals surface area contributed by atoms with Crippen LogP contribution in [0.4, 0.5) is 0 Å². The number of ether oxygens (including phenoxy) is 2. The molecule has 0 N–H and O–H groups in total. The summed E-state index contributed by atoms with van der Waals surface area (Å²) in [5.74, 6) is -0.779. The highest BCUT2D eigenvalue weighted by molar-refractivity contribution is 5.95. The lowest BCUT2D eigenvalue weighted by Gasteiger charge is -2.11. The number of hydrogen-bond acceptors (Lipinski definition) is 4. The Kier molecular flexibility index (Phi) is 3.45. The second-order valence-electron chi connectivity index (χ2n) is 2.85. The maximum Gasteiger partial charge on any atom is 0.333 e. The van der Waals surface area contributed by atoms with E-state index in [1.807, 2.05) is 0 Å². The van der Waals surface area contributed by atoms with Crippen molar-refractivity contribution >= 4 is 11.9 Å². The lowest BCUT2D eigenvalue weighted by molar-refractivity contribution is -0.136. The summed E-state index contributed by atoms with van der Waals surface area (Å²) in [7, 11) is 2.64. The van der Waals surface area contributed by atoms with Gasteiger partial charge in [0.05, 0.1) is 14.2 Å². The molecule has 1 aliphatic carbocycles. The fraction of sp³-hybridized carbons (Fsp3) is 0.400. The van der Waals surface area contributed by atoms with Crippen molar-refractivity contribution in [1.82, 2.24) is 0 Å². The average Bonchev–Trinajstić information content (AvgIpc) is 2.27. The van der Waals surface area contributed by atoms with Crippen molar-refractivity contribution in [3.8, 4) is 0 Å². The van der Waals surface area contributed by atoms with Crippen LogP contribution in [0.15, 0.2) is 23.3 Å². The first kappa shape index (κ1) is 10.5. The molecule has 0 aliphatic heterocycles. The third-order valence-corrected chi connectivity index (χ3v) is 2.00. The highest BCUT2D eigenvalue weighted by atomic mass is 16.5. The Labute approximate surface area is 82.2 Å². The van der Waals surface area contributed by atoms with E-state index in [-0.39, 0.29) is 11.9 Å². The van der Waals surface area contributed by atoms with Crippen LogP contribution in [0.25, 0.3) is 0 Å². The van der Waals surface area contributed by atoms with Gasteiger partial charge in [-0.15, -0.1) is 0 Å². The third kappa shape index (κ3) is 2.22. The predicted octanol–water partition coefficient (Wildman–Crippen LogP) is 0.979.